The van der Waals surface area contributed by atoms with Crippen molar-refractivity contribution < 1.29 is 18.7 Å². The molecule has 3 rings (SSSR count). The van der Waals surface area contributed by atoms with Gasteiger partial charge < -0.3 is 9.67 Å². The predicted molar refractivity (Wildman–Crippen MR) is 77.2 cm³/mol. The number of aromatic nitrogens is 3. The summed E-state index contributed by atoms with van der Waals surface area (Å²) in [5.41, 5.74) is 0.384. The van der Waals surface area contributed by atoms with E-state index in [4.69, 9.17) is 0 Å². The lowest BCUT2D eigenvalue weighted by Gasteiger charge is -2.32. The first-order chi connectivity index (χ1) is 11.0. The van der Waals surface area contributed by atoms with Gasteiger partial charge in [0.05, 0.1) is 13.1 Å². The van der Waals surface area contributed by atoms with Crippen LogP contribution < -0.4 is 0 Å². The minimum atomic E-state index is -0.936. The van der Waals surface area contributed by atoms with E-state index in [1.807, 2.05) is 0 Å². The van der Waals surface area contributed by atoms with Crippen molar-refractivity contribution in [3.05, 3.63) is 53.6 Å². The molecular formula is C15H14F2N4O2. The van der Waals surface area contributed by atoms with Crippen molar-refractivity contribution >= 4 is 12.0 Å². The van der Waals surface area contributed by atoms with Gasteiger partial charge in [0.2, 0.25) is 0 Å². The number of fused-ring (bicyclic) bond motifs is 1. The van der Waals surface area contributed by atoms with E-state index in [9.17, 15) is 18.7 Å². The predicted octanol–water partition coefficient (Wildman–Crippen LogP) is 1.54. The zero-order valence-electron chi connectivity index (χ0n) is 12.1. The van der Waals surface area contributed by atoms with Gasteiger partial charge in [0.15, 0.2) is 0 Å². The molecule has 8 heteroatoms. The Kier molecular flexibility index (Phi) is 4.16. The Morgan fingerprint density at radius 1 is 1.35 bits per heavy atom. The van der Waals surface area contributed by atoms with Crippen LogP contribution in [0.25, 0.3) is 6.08 Å². The molecular weight excluding hydrogens is 306 g/mol. The number of benzene rings is 1. The Morgan fingerprint density at radius 2 is 2.09 bits per heavy atom. The van der Waals surface area contributed by atoms with Gasteiger partial charge in [-0.2, -0.15) is 0 Å². The lowest BCUT2D eigenvalue weighted by molar-refractivity contribution is -0.144. The average Bonchev–Trinajstić information content (AvgIpc) is 2.92. The van der Waals surface area contributed by atoms with Gasteiger partial charge in [-0.25, -0.2) is 8.78 Å². The molecule has 120 valence electrons. The van der Waals surface area contributed by atoms with E-state index < -0.39 is 23.6 Å². The number of hydrogen-bond acceptors (Lipinski definition) is 4. The van der Waals surface area contributed by atoms with E-state index in [-0.39, 0.29) is 6.54 Å². The highest BCUT2D eigenvalue weighted by atomic mass is 19.1. The second-order valence-electron chi connectivity index (χ2n) is 5.29. The lowest BCUT2D eigenvalue weighted by Crippen LogP contribution is -2.47. The molecule has 0 spiro atoms. The van der Waals surface area contributed by atoms with E-state index in [1.165, 1.54) is 18.5 Å². The quantitative estimate of drug-likeness (QED) is 0.925. The smallest absolute Gasteiger partial charge is 0.322 e. The summed E-state index contributed by atoms with van der Waals surface area (Å²) in [6, 6.07) is 2.52. The summed E-state index contributed by atoms with van der Waals surface area (Å²) in [5, 5.41) is 17.1. The van der Waals surface area contributed by atoms with Gasteiger partial charge in [0.1, 0.15) is 29.8 Å². The van der Waals surface area contributed by atoms with Crippen molar-refractivity contribution in [3.63, 3.8) is 0 Å². The fraction of sp³-hybridized carbons (Fsp3) is 0.267. The number of carboxylic acids is 1. The third-order valence-electron chi connectivity index (χ3n) is 3.67. The number of halogens is 2. The molecule has 0 radical (unpaired) electrons. The van der Waals surface area contributed by atoms with Crippen LogP contribution in [0.4, 0.5) is 8.78 Å². The van der Waals surface area contributed by atoms with Crippen LogP contribution in [-0.2, 0) is 17.9 Å². The van der Waals surface area contributed by atoms with Crippen molar-refractivity contribution in [2.75, 3.05) is 6.54 Å². The number of aliphatic carboxylic acids is 1. The van der Waals surface area contributed by atoms with Gasteiger partial charge in [-0.15, -0.1) is 10.2 Å². The van der Waals surface area contributed by atoms with Crippen LogP contribution in [0.1, 0.15) is 11.4 Å². The van der Waals surface area contributed by atoms with Gasteiger partial charge in [-0.3, -0.25) is 9.69 Å². The Bertz CT molecular complexity index is 739. The van der Waals surface area contributed by atoms with Gasteiger partial charge in [-0.1, -0.05) is 12.2 Å². The summed E-state index contributed by atoms with van der Waals surface area (Å²) < 4.78 is 28.0. The molecule has 1 aliphatic heterocycles. The molecule has 0 saturated carbocycles. The first-order valence-electron chi connectivity index (χ1n) is 6.99. The Hall–Kier alpha value is -2.61. The molecule has 1 aromatic carbocycles. The highest BCUT2D eigenvalue weighted by molar-refractivity contribution is 5.73. The van der Waals surface area contributed by atoms with Crippen molar-refractivity contribution in [2.45, 2.75) is 19.1 Å². The molecule has 1 N–H and O–H groups in total. The standard InChI is InChI=1S/C15H14F2N4O2/c16-11-4-10(5-12(17)6-11)2-1-3-20-8-14-19-18-9-21(14)7-13(20)15(22)23/h1-2,4-6,9,13H,3,7-8H2,(H,22,23)/b2-1+. The number of nitrogens with zero attached hydrogens (tertiary/aromatic N) is 4. The van der Waals surface area contributed by atoms with E-state index >= 15 is 0 Å². The minimum absolute atomic E-state index is 0.264. The van der Waals surface area contributed by atoms with E-state index in [2.05, 4.69) is 10.2 Å². The molecule has 0 bridgehead atoms. The average molecular weight is 320 g/mol. The maximum Gasteiger partial charge on any atom is 0.322 e. The molecule has 2 aromatic rings. The largest absolute Gasteiger partial charge is 0.480 e. The highest BCUT2D eigenvalue weighted by Gasteiger charge is 2.31. The summed E-state index contributed by atoms with van der Waals surface area (Å²) in [6.07, 6.45) is 4.74. The summed E-state index contributed by atoms with van der Waals surface area (Å²) in [5.74, 6) is -1.56. The Morgan fingerprint density at radius 3 is 2.78 bits per heavy atom. The number of carbonyl (C=O) groups is 1. The normalized spacial score (nSPS) is 18.3. The summed E-state index contributed by atoms with van der Waals surface area (Å²) >= 11 is 0. The summed E-state index contributed by atoms with van der Waals surface area (Å²) in [4.78, 5) is 13.1. The molecule has 6 nitrogen and oxygen atoms in total. The molecule has 0 saturated heterocycles. The molecule has 23 heavy (non-hydrogen) atoms. The number of rotatable bonds is 4. The Balaban J connectivity index is 1.73. The zero-order chi connectivity index (χ0) is 16.4. The third-order valence-corrected chi connectivity index (χ3v) is 3.67. The molecule has 0 fully saturated rings. The fourth-order valence-electron chi connectivity index (χ4n) is 2.57. The number of hydrogen-bond donors (Lipinski definition) is 1. The van der Waals surface area contributed by atoms with E-state index in [0.29, 0.717) is 24.5 Å². The minimum Gasteiger partial charge on any atom is -0.480 e. The van der Waals surface area contributed by atoms with Crippen LogP contribution in [0.5, 0.6) is 0 Å². The van der Waals surface area contributed by atoms with Crippen molar-refractivity contribution in [3.8, 4) is 0 Å². The van der Waals surface area contributed by atoms with Gasteiger partial charge >= 0.3 is 5.97 Å². The second kappa shape index (κ2) is 6.25. The first-order valence-corrected chi connectivity index (χ1v) is 6.99. The maximum atomic E-state index is 13.1. The molecule has 1 aromatic heterocycles. The van der Waals surface area contributed by atoms with Crippen LogP contribution >= 0.6 is 0 Å². The first kappa shape index (κ1) is 15.3. The third kappa shape index (κ3) is 3.42. The van der Waals surface area contributed by atoms with Crippen LogP contribution in [0, 0.1) is 11.6 Å². The van der Waals surface area contributed by atoms with Crippen molar-refractivity contribution in [1.82, 2.24) is 19.7 Å². The topological polar surface area (TPSA) is 71.2 Å². The number of carboxylic acid groups (broad SMARTS) is 1. The Labute approximate surface area is 130 Å². The SMILES string of the molecule is O=C(O)C1Cn2cnnc2CN1C/C=C/c1cc(F)cc(F)c1. The van der Waals surface area contributed by atoms with Crippen molar-refractivity contribution in [1.29, 1.82) is 0 Å². The molecule has 0 aliphatic carbocycles. The van der Waals surface area contributed by atoms with E-state index in [0.717, 1.165) is 6.07 Å². The molecule has 2 heterocycles. The van der Waals surface area contributed by atoms with Gasteiger partial charge in [-0.05, 0) is 17.7 Å². The zero-order valence-corrected chi connectivity index (χ0v) is 12.1. The highest BCUT2D eigenvalue weighted by Crippen LogP contribution is 2.16. The van der Waals surface area contributed by atoms with Crippen LogP contribution in [0.2, 0.25) is 0 Å². The van der Waals surface area contributed by atoms with Crippen molar-refractivity contribution in [2.24, 2.45) is 0 Å². The summed E-state index contributed by atoms with van der Waals surface area (Å²) in [7, 11) is 0. The second-order valence-corrected chi connectivity index (χ2v) is 5.29. The van der Waals surface area contributed by atoms with Gasteiger partial charge in [0, 0.05) is 12.6 Å². The molecule has 0 amide bonds. The van der Waals surface area contributed by atoms with E-state index in [1.54, 1.807) is 21.6 Å². The lowest BCUT2D eigenvalue weighted by atomic mass is 10.1. The van der Waals surface area contributed by atoms with Crippen LogP contribution in [0.15, 0.2) is 30.6 Å². The molecule has 1 atom stereocenters. The van der Waals surface area contributed by atoms with Crippen LogP contribution in [0.3, 0.4) is 0 Å². The van der Waals surface area contributed by atoms with Crippen LogP contribution in [-0.4, -0.2) is 43.3 Å². The maximum absolute atomic E-state index is 13.1. The summed E-state index contributed by atoms with van der Waals surface area (Å²) in [6.45, 7) is 0.931. The van der Waals surface area contributed by atoms with Gasteiger partial charge in [0.25, 0.3) is 0 Å². The fourth-order valence-corrected chi connectivity index (χ4v) is 2.57. The monoisotopic (exact) mass is 320 g/mol. The molecule has 1 unspecified atom stereocenters. The molecule has 1 aliphatic rings.